The van der Waals surface area contributed by atoms with E-state index in [4.69, 9.17) is 10.7 Å². The van der Waals surface area contributed by atoms with Gasteiger partial charge in [-0.25, -0.2) is 0 Å². The second-order valence-electron chi connectivity index (χ2n) is 8.40. The third kappa shape index (κ3) is 5.04. The predicted molar refractivity (Wildman–Crippen MR) is 138 cm³/mol. The van der Waals surface area contributed by atoms with E-state index in [1.54, 1.807) is 6.07 Å². The molecule has 3 nitrogen and oxygen atoms in total. The minimum atomic E-state index is 0.267. The Hall–Kier alpha value is -3.07. The monoisotopic (exact) mass is 428 g/mol. The molecular formula is C29H36N2O. The molecule has 0 unspecified atom stereocenters. The lowest BCUT2D eigenvalue weighted by molar-refractivity contribution is 0.474. The molecule has 0 aliphatic rings. The van der Waals surface area contributed by atoms with Gasteiger partial charge in [0.1, 0.15) is 5.75 Å². The quantitative estimate of drug-likeness (QED) is 0.301. The number of para-hydroxylation sites is 1. The van der Waals surface area contributed by atoms with E-state index in [0.29, 0.717) is 0 Å². The van der Waals surface area contributed by atoms with E-state index in [-0.39, 0.29) is 5.75 Å². The Morgan fingerprint density at radius 3 is 1.72 bits per heavy atom. The normalized spacial score (nSPS) is 11.7. The molecule has 3 heteroatoms. The van der Waals surface area contributed by atoms with Crippen molar-refractivity contribution in [3.05, 3.63) is 87.5 Å². The van der Waals surface area contributed by atoms with E-state index < -0.39 is 0 Å². The van der Waals surface area contributed by atoms with Crippen molar-refractivity contribution in [2.75, 3.05) is 5.73 Å². The van der Waals surface area contributed by atoms with E-state index in [1.807, 2.05) is 25.1 Å². The third-order valence-corrected chi connectivity index (χ3v) is 6.24. The van der Waals surface area contributed by atoms with Crippen LogP contribution in [0.2, 0.25) is 0 Å². The number of aliphatic imine (C=N–C) groups is 1. The third-order valence-electron chi connectivity index (χ3n) is 6.24. The van der Waals surface area contributed by atoms with Crippen LogP contribution >= 0.6 is 0 Å². The van der Waals surface area contributed by atoms with Crippen LogP contribution in [0.25, 0.3) is 0 Å². The Morgan fingerprint density at radius 2 is 1.25 bits per heavy atom. The number of anilines is 1. The zero-order valence-electron chi connectivity index (χ0n) is 20.1. The van der Waals surface area contributed by atoms with Gasteiger partial charge in [0.05, 0.1) is 5.69 Å². The molecule has 168 valence electrons. The van der Waals surface area contributed by atoms with E-state index >= 15 is 0 Å². The smallest absolute Gasteiger partial charge is 0.124 e. The van der Waals surface area contributed by atoms with Gasteiger partial charge < -0.3 is 10.8 Å². The summed E-state index contributed by atoms with van der Waals surface area (Å²) in [5.41, 5.74) is 17.6. The van der Waals surface area contributed by atoms with Gasteiger partial charge in [-0.05, 0) is 84.5 Å². The van der Waals surface area contributed by atoms with Gasteiger partial charge in [-0.15, -0.1) is 0 Å². The Kier molecular flexibility index (Phi) is 7.74. The van der Waals surface area contributed by atoms with Crippen molar-refractivity contribution < 1.29 is 5.11 Å². The van der Waals surface area contributed by atoms with Crippen molar-refractivity contribution >= 4 is 17.1 Å². The van der Waals surface area contributed by atoms with Crippen LogP contribution < -0.4 is 5.73 Å². The first kappa shape index (κ1) is 23.6. The van der Waals surface area contributed by atoms with Crippen molar-refractivity contribution in [1.82, 2.24) is 0 Å². The minimum absolute atomic E-state index is 0.267. The summed E-state index contributed by atoms with van der Waals surface area (Å²) >= 11 is 0. The predicted octanol–water partition coefficient (Wildman–Crippen LogP) is 6.96. The van der Waals surface area contributed by atoms with Crippen molar-refractivity contribution in [1.29, 1.82) is 0 Å². The van der Waals surface area contributed by atoms with Gasteiger partial charge in [0.15, 0.2) is 0 Å². The highest BCUT2D eigenvalue weighted by Crippen LogP contribution is 2.31. The fraction of sp³-hybridized carbons (Fsp3) is 0.345. The average Bonchev–Trinajstić information content (AvgIpc) is 2.80. The van der Waals surface area contributed by atoms with Gasteiger partial charge in [-0.2, -0.15) is 0 Å². The SMILES string of the molecule is CCc1cc(Cc2cc(CC)c(N=C(C)c3ccccc3O)c(CC)c2)cc(CC)c1N. The molecular weight excluding hydrogens is 392 g/mol. The van der Waals surface area contributed by atoms with Crippen LogP contribution in [0.15, 0.2) is 53.5 Å². The number of hydrogen-bond acceptors (Lipinski definition) is 3. The number of rotatable bonds is 8. The van der Waals surface area contributed by atoms with E-state index in [9.17, 15) is 5.11 Å². The maximum absolute atomic E-state index is 10.2. The first-order chi connectivity index (χ1) is 15.4. The maximum atomic E-state index is 10.2. The van der Waals surface area contributed by atoms with Crippen molar-refractivity contribution in [3.63, 3.8) is 0 Å². The Bertz CT molecular complexity index is 1080. The molecule has 0 radical (unpaired) electrons. The van der Waals surface area contributed by atoms with Crippen LogP contribution in [-0.2, 0) is 32.1 Å². The molecule has 3 aromatic rings. The summed E-state index contributed by atoms with van der Waals surface area (Å²) in [6, 6.07) is 16.5. The molecule has 0 spiro atoms. The van der Waals surface area contributed by atoms with Crippen molar-refractivity contribution in [2.24, 2.45) is 4.99 Å². The number of hydrogen-bond donors (Lipinski definition) is 2. The van der Waals surface area contributed by atoms with E-state index in [2.05, 4.69) is 52.0 Å². The lowest BCUT2D eigenvalue weighted by Crippen LogP contribution is -2.02. The molecule has 0 saturated heterocycles. The molecule has 3 aromatic carbocycles. The molecule has 0 atom stereocenters. The van der Waals surface area contributed by atoms with Gasteiger partial charge in [0.25, 0.3) is 0 Å². The Balaban J connectivity index is 2.03. The van der Waals surface area contributed by atoms with E-state index in [1.165, 1.54) is 33.4 Å². The summed E-state index contributed by atoms with van der Waals surface area (Å²) in [6.07, 6.45) is 4.62. The van der Waals surface area contributed by atoms with Crippen LogP contribution in [0, 0.1) is 0 Å². The summed E-state index contributed by atoms with van der Waals surface area (Å²) in [6.45, 7) is 10.7. The summed E-state index contributed by atoms with van der Waals surface area (Å²) in [4.78, 5) is 4.99. The first-order valence-electron chi connectivity index (χ1n) is 11.8. The summed E-state index contributed by atoms with van der Waals surface area (Å²) in [5.74, 6) is 0.267. The second kappa shape index (κ2) is 10.5. The fourth-order valence-electron chi connectivity index (χ4n) is 4.40. The molecule has 0 saturated carbocycles. The first-order valence-corrected chi connectivity index (χ1v) is 11.8. The maximum Gasteiger partial charge on any atom is 0.124 e. The standard InChI is InChI=1S/C29H36N2O/c1-6-22-15-20(16-23(7-2)28(22)30)14-21-17-24(8-3)29(25(9-4)18-21)31-19(5)26-12-10-11-13-27(26)32/h10-13,15-18,32H,6-9,14,30H2,1-5H3. The number of nitrogen functional groups attached to an aromatic ring is 1. The van der Waals surface area contributed by atoms with Gasteiger partial charge in [0, 0.05) is 17.0 Å². The van der Waals surface area contributed by atoms with Crippen molar-refractivity contribution in [3.8, 4) is 5.75 Å². The highest BCUT2D eigenvalue weighted by atomic mass is 16.3. The Labute approximate surface area is 193 Å². The highest BCUT2D eigenvalue weighted by Gasteiger charge is 2.13. The van der Waals surface area contributed by atoms with Crippen LogP contribution in [0.3, 0.4) is 0 Å². The van der Waals surface area contributed by atoms with Gasteiger partial charge in [-0.1, -0.05) is 64.1 Å². The van der Waals surface area contributed by atoms with Gasteiger partial charge >= 0.3 is 0 Å². The van der Waals surface area contributed by atoms with Crippen LogP contribution in [0.5, 0.6) is 5.75 Å². The summed E-state index contributed by atoms with van der Waals surface area (Å²) in [5, 5.41) is 10.2. The molecule has 0 aliphatic carbocycles. The molecule has 32 heavy (non-hydrogen) atoms. The number of aryl methyl sites for hydroxylation is 4. The van der Waals surface area contributed by atoms with Gasteiger partial charge in [0.2, 0.25) is 0 Å². The minimum Gasteiger partial charge on any atom is -0.507 e. The van der Waals surface area contributed by atoms with Crippen LogP contribution in [-0.4, -0.2) is 10.8 Å². The second-order valence-corrected chi connectivity index (χ2v) is 8.40. The molecule has 0 fully saturated rings. The highest BCUT2D eigenvalue weighted by molar-refractivity contribution is 6.02. The number of nitrogens with two attached hydrogens (primary N) is 1. The molecule has 0 aromatic heterocycles. The largest absolute Gasteiger partial charge is 0.507 e. The summed E-state index contributed by atoms with van der Waals surface area (Å²) in [7, 11) is 0. The zero-order valence-corrected chi connectivity index (χ0v) is 20.1. The molecule has 0 aliphatic heterocycles. The molecule has 0 heterocycles. The summed E-state index contributed by atoms with van der Waals surface area (Å²) < 4.78 is 0. The average molecular weight is 429 g/mol. The molecule has 3 rings (SSSR count). The molecule has 3 N–H and O–H groups in total. The Morgan fingerprint density at radius 1 is 0.781 bits per heavy atom. The van der Waals surface area contributed by atoms with Crippen LogP contribution in [0.1, 0.15) is 73.6 Å². The number of nitrogens with zero attached hydrogens (tertiary/aromatic N) is 1. The lowest BCUT2D eigenvalue weighted by Gasteiger charge is -2.16. The topological polar surface area (TPSA) is 58.6 Å². The zero-order chi connectivity index (χ0) is 23.3. The fourth-order valence-corrected chi connectivity index (χ4v) is 4.40. The van der Waals surface area contributed by atoms with Crippen molar-refractivity contribution in [2.45, 2.75) is 66.7 Å². The number of benzene rings is 3. The lowest BCUT2D eigenvalue weighted by atomic mass is 9.92. The van der Waals surface area contributed by atoms with Gasteiger partial charge in [-0.3, -0.25) is 4.99 Å². The van der Waals surface area contributed by atoms with Crippen LogP contribution in [0.4, 0.5) is 11.4 Å². The number of phenolic OH excluding ortho intramolecular Hbond substituents is 1. The number of phenols is 1. The van der Waals surface area contributed by atoms with E-state index in [0.717, 1.165) is 54.8 Å². The molecule has 0 bridgehead atoms. The molecule has 0 amide bonds. The number of aromatic hydroxyl groups is 1.